The first-order valence-corrected chi connectivity index (χ1v) is 12.3. The highest BCUT2D eigenvalue weighted by Gasteiger charge is 2.45. The number of urea groups is 1. The second kappa shape index (κ2) is 12.8. The van der Waals surface area contributed by atoms with E-state index in [1.807, 2.05) is 0 Å². The van der Waals surface area contributed by atoms with Crippen LogP contribution < -0.4 is 20.1 Å². The molecule has 2 amide bonds. The first-order valence-electron chi connectivity index (χ1n) is 12.3. The molecular formula is C28H25F9N2O3. The summed E-state index contributed by atoms with van der Waals surface area (Å²) in [7, 11) is 0. The fourth-order valence-electron chi connectivity index (χ4n) is 4.06. The van der Waals surface area contributed by atoms with Gasteiger partial charge in [0.05, 0.1) is 11.6 Å². The van der Waals surface area contributed by atoms with Crippen LogP contribution in [0, 0.1) is 11.6 Å². The maximum Gasteiger partial charge on any atom is 0.461 e. The lowest BCUT2D eigenvalue weighted by Crippen LogP contribution is -2.53. The van der Waals surface area contributed by atoms with E-state index < -0.39 is 65.9 Å². The van der Waals surface area contributed by atoms with E-state index in [4.69, 9.17) is 4.74 Å². The van der Waals surface area contributed by atoms with Gasteiger partial charge in [0, 0.05) is 12.5 Å². The number of ether oxygens (including phenoxy) is 2. The van der Waals surface area contributed by atoms with E-state index in [1.165, 1.54) is 0 Å². The fourth-order valence-corrected chi connectivity index (χ4v) is 4.06. The Morgan fingerprint density at radius 1 is 0.881 bits per heavy atom. The van der Waals surface area contributed by atoms with Crippen LogP contribution in [-0.2, 0) is 12.0 Å². The monoisotopic (exact) mass is 608 g/mol. The summed E-state index contributed by atoms with van der Waals surface area (Å²) in [5.74, 6) is -3.56. The van der Waals surface area contributed by atoms with Crippen LogP contribution >= 0.6 is 0 Å². The molecule has 0 fully saturated rings. The molecule has 0 spiro atoms. The molecule has 0 heterocycles. The van der Waals surface area contributed by atoms with Crippen molar-refractivity contribution in [3.05, 3.63) is 95.1 Å². The van der Waals surface area contributed by atoms with Crippen LogP contribution in [0.3, 0.4) is 0 Å². The summed E-state index contributed by atoms with van der Waals surface area (Å²) in [6, 6.07) is 11.4. The number of amides is 2. The molecule has 3 aromatic carbocycles. The first-order chi connectivity index (χ1) is 19.5. The van der Waals surface area contributed by atoms with Crippen molar-refractivity contribution in [3.8, 4) is 11.5 Å². The van der Waals surface area contributed by atoms with Crippen LogP contribution in [0.5, 0.6) is 11.5 Å². The molecule has 0 unspecified atom stereocenters. The van der Waals surface area contributed by atoms with Crippen molar-refractivity contribution in [3.63, 3.8) is 0 Å². The standard InChI is InChI=1S/C28H25F9N2O3/c1-16(2)41-23-12-18(8-9-22(23)30)26(14-17-6-4-3-5-7-17,39-25(40)38-15-27(33,34)35)19-10-20(29)13-21(11-19)42-28(36,37)24(31)32/h3-13,16,24H,14-15H2,1-2H3,(H2,38,39,40)/t26-/m1/s1. The predicted molar refractivity (Wildman–Crippen MR) is 134 cm³/mol. The van der Waals surface area contributed by atoms with Gasteiger partial charge >= 0.3 is 24.7 Å². The van der Waals surface area contributed by atoms with Crippen molar-refractivity contribution in [1.82, 2.24) is 10.6 Å². The molecule has 3 rings (SSSR count). The Kier molecular flexibility index (Phi) is 9.90. The third-order valence-electron chi connectivity index (χ3n) is 5.75. The summed E-state index contributed by atoms with van der Waals surface area (Å²) >= 11 is 0. The zero-order chi connectivity index (χ0) is 31.3. The van der Waals surface area contributed by atoms with E-state index in [1.54, 1.807) is 49.5 Å². The third kappa shape index (κ3) is 8.46. The topological polar surface area (TPSA) is 59.6 Å². The van der Waals surface area contributed by atoms with Crippen LogP contribution in [0.4, 0.5) is 44.3 Å². The van der Waals surface area contributed by atoms with Gasteiger partial charge in [-0.05, 0) is 54.8 Å². The van der Waals surface area contributed by atoms with Crippen LogP contribution in [-0.4, -0.2) is 37.4 Å². The zero-order valence-corrected chi connectivity index (χ0v) is 22.0. The van der Waals surface area contributed by atoms with E-state index in [2.05, 4.69) is 10.1 Å². The second-order valence-corrected chi connectivity index (χ2v) is 9.44. The Bertz CT molecular complexity index is 1370. The number of alkyl halides is 7. The van der Waals surface area contributed by atoms with Crippen molar-refractivity contribution in [2.45, 2.75) is 50.6 Å². The molecule has 2 N–H and O–H groups in total. The number of carbonyl (C=O) groups is 1. The minimum absolute atomic E-state index is 0.0808. The number of halogens is 9. The molecule has 5 nitrogen and oxygen atoms in total. The van der Waals surface area contributed by atoms with E-state index in [0.717, 1.165) is 30.3 Å². The first kappa shape index (κ1) is 32.4. The summed E-state index contributed by atoms with van der Waals surface area (Å²) < 4.78 is 131. The highest BCUT2D eigenvalue weighted by molar-refractivity contribution is 5.76. The van der Waals surface area contributed by atoms with E-state index in [-0.39, 0.29) is 17.7 Å². The van der Waals surface area contributed by atoms with Gasteiger partial charge in [-0.3, -0.25) is 0 Å². The SMILES string of the molecule is CC(C)Oc1cc([C@@](Cc2ccccc2)(NC(=O)NCC(F)(F)F)c2cc(F)cc(OC(F)(F)C(F)F)c2)ccc1F. The molecular weight excluding hydrogens is 583 g/mol. The van der Waals surface area contributed by atoms with Gasteiger partial charge in [0.1, 0.15) is 18.1 Å². The van der Waals surface area contributed by atoms with Gasteiger partial charge in [-0.1, -0.05) is 36.4 Å². The minimum atomic E-state index is -5.04. The van der Waals surface area contributed by atoms with Crippen molar-refractivity contribution < 1.29 is 53.8 Å². The highest BCUT2D eigenvalue weighted by Crippen LogP contribution is 2.39. The number of hydrogen-bond acceptors (Lipinski definition) is 3. The number of nitrogens with one attached hydrogen (secondary N) is 2. The van der Waals surface area contributed by atoms with Gasteiger partial charge in [-0.25, -0.2) is 13.6 Å². The van der Waals surface area contributed by atoms with Gasteiger partial charge < -0.3 is 20.1 Å². The van der Waals surface area contributed by atoms with E-state index in [9.17, 15) is 44.3 Å². The van der Waals surface area contributed by atoms with Crippen LogP contribution in [0.15, 0.2) is 66.7 Å². The largest absolute Gasteiger partial charge is 0.488 e. The number of rotatable bonds is 11. The van der Waals surface area contributed by atoms with Gasteiger partial charge in [0.2, 0.25) is 0 Å². The normalized spacial score (nSPS) is 13.5. The van der Waals surface area contributed by atoms with Crippen molar-refractivity contribution in [2.75, 3.05) is 6.54 Å². The lowest BCUT2D eigenvalue weighted by molar-refractivity contribution is -0.253. The van der Waals surface area contributed by atoms with Crippen molar-refractivity contribution in [2.24, 2.45) is 0 Å². The maximum atomic E-state index is 14.9. The number of benzene rings is 3. The molecule has 14 heteroatoms. The van der Waals surface area contributed by atoms with Gasteiger partial charge in [0.25, 0.3) is 0 Å². The average molecular weight is 609 g/mol. The van der Waals surface area contributed by atoms with Crippen molar-refractivity contribution in [1.29, 1.82) is 0 Å². The molecule has 0 saturated carbocycles. The second-order valence-electron chi connectivity index (χ2n) is 9.44. The highest BCUT2D eigenvalue weighted by atomic mass is 19.4. The molecule has 0 aliphatic carbocycles. The molecule has 0 aliphatic rings. The van der Waals surface area contributed by atoms with Crippen molar-refractivity contribution >= 4 is 6.03 Å². The lowest BCUT2D eigenvalue weighted by Gasteiger charge is -2.37. The Hall–Kier alpha value is -4.10. The van der Waals surface area contributed by atoms with E-state index >= 15 is 0 Å². The molecule has 228 valence electrons. The summed E-state index contributed by atoms with van der Waals surface area (Å²) in [4.78, 5) is 12.9. The van der Waals surface area contributed by atoms with E-state index in [0.29, 0.717) is 11.6 Å². The quantitative estimate of drug-likeness (QED) is 0.224. The summed E-state index contributed by atoms with van der Waals surface area (Å²) in [6.07, 6.45) is -15.1. The Morgan fingerprint density at radius 3 is 2.14 bits per heavy atom. The molecule has 3 aromatic rings. The van der Waals surface area contributed by atoms with Gasteiger partial charge in [-0.2, -0.15) is 30.7 Å². The molecule has 0 bridgehead atoms. The fraction of sp³-hybridized carbons (Fsp3) is 0.321. The number of hydrogen-bond donors (Lipinski definition) is 2. The summed E-state index contributed by atoms with van der Waals surface area (Å²) in [5, 5.41) is 3.96. The smallest absolute Gasteiger partial charge is 0.461 e. The predicted octanol–water partition coefficient (Wildman–Crippen LogP) is 7.34. The molecule has 0 aromatic heterocycles. The summed E-state index contributed by atoms with van der Waals surface area (Å²) in [5.41, 5.74) is -2.22. The van der Waals surface area contributed by atoms with Crippen LogP contribution in [0.1, 0.15) is 30.5 Å². The Morgan fingerprint density at radius 2 is 1.55 bits per heavy atom. The molecule has 0 radical (unpaired) electrons. The van der Waals surface area contributed by atoms with Gasteiger partial charge in [0.15, 0.2) is 11.6 Å². The minimum Gasteiger partial charge on any atom is -0.488 e. The van der Waals surface area contributed by atoms with Crippen LogP contribution in [0.25, 0.3) is 0 Å². The summed E-state index contributed by atoms with van der Waals surface area (Å²) in [6.45, 7) is 1.38. The maximum absolute atomic E-state index is 14.9. The Labute approximate surface area is 234 Å². The molecule has 42 heavy (non-hydrogen) atoms. The molecule has 0 aliphatic heterocycles. The van der Waals surface area contributed by atoms with Crippen LogP contribution in [0.2, 0.25) is 0 Å². The third-order valence-corrected chi connectivity index (χ3v) is 5.75. The number of carbonyl (C=O) groups excluding carboxylic acids is 1. The zero-order valence-electron chi connectivity index (χ0n) is 22.0. The lowest BCUT2D eigenvalue weighted by atomic mass is 9.77. The van der Waals surface area contributed by atoms with Gasteiger partial charge in [-0.15, -0.1) is 0 Å². The average Bonchev–Trinajstić information content (AvgIpc) is 2.87. The molecule has 1 atom stereocenters. The Balaban J connectivity index is 2.30. The molecule has 0 saturated heterocycles.